The van der Waals surface area contributed by atoms with E-state index in [-0.39, 0.29) is 24.2 Å². The van der Waals surface area contributed by atoms with E-state index >= 15 is 0 Å². The molecule has 2 aromatic rings. The predicted octanol–water partition coefficient (Wildman–Crippen LogP) is 3.29. The van der Waals surface area contributed by atoms with E-state index < -0.39 is 6.04 Å². The molecular weight excluding hydrogens is 460 g/mol. The molecule has 3 heterocycles. The van der Waals surface area contributed by atoms with Crippen LogP contribution in [-0.4, -0.2) is 82.3 Å². The van der Waals surface area contributed by atoms with E-state index in [9.17, 15) is 9.59 Å². The molecule has 2 saturated heterocycles. The molecule has 176 valence electrons. The van der Waals surface area contributed by atoms with E-state index in [2.05, 4.69) is 20.4 Å². The van der Waals surface area contributed by atoms with Gasteiger partial charge in [-0.05, 0) is 56.6 Å². The largest absolute Gasteiger partial charge is 0.411 e. The number of thiazole rings is 1. The SMILES string of the molecule is CSc1nc2ccc(NC(C=NO)=N[C@H]3CCCCN(CC(=O)N4CCCC4)C3=O)cc2s1. The maximum absolute atomic E-state index is 13.2. The van der Waals surface area contributed by atoms with Crippen molar-refractivity contribution >= 4 is 62.9 Å². The van der Waals surface area contributed by atoms with Crippen LogP contribution in [0.3, 0.4) is 0 Å². The minimum absolute atomic E-state index is 0.00298. The topological polar surface area (TPSA) is 110 Å². The molecule has 9 nitrogen and oxygen atoms in total. The molecule has 33 heavy (non-hydrogen) atoms. The van der Waals surface area contributed by atoms with Crippen LogP contribution in [0.15, 0.2) is 32.7 Å². The summed E-state index contributed by atoms with van der Waals surface area (Å²) in [7, 11) is 0. The standard InChI is InChI=1S/C22H28N6O3S2/c1-32-22-26-16-8-7-15(12-18(16)33-22)24-19(13-23-31)25-17-6-2-3-11-28(21(17)30)14-20(29)27-9-4-5-10-27/h7-8,12-13,17,31H,2-6,9-11,14H2,1H3,(H,24,25)/t17-/m0/s1. The van der Waals surface area contributed by atoms with Crippen molar-refractivity contribution in [2.75, 3.05) is 37.8 Å². The monoisotopic (exact) mass is 488 g/mol. The minimum atomic E-state index is -0.630. The van der Waals surface area contributed by atoms with Gasteiger partial charge in [0.05, 0.1) is 16.8 Å². The number of amidine groups is 1. The zero-order valence-corrected chi connectivity index (χ0v) is 20.2. The van der Waals surface area contributed by atoms with Gasteiger partial charge < -0.3 is 20.3 Å². The zero-order chi connectivity index (χ0) is 23.2. The van der Waals surface area contributed by atoms with Crippen LogP contribution < -0.4 is 5.32 Å². The number of fused-ring (bicyclic) bond motifs is 1. The number of carbonyl (C=O) groups is 2. The lowest BCUT2D eigenvalue weighted by Crippen LogP contribution is -2.45. The second-order valence-corrected chi connectivity index (χ2v) is 10.2. The highest BCUT2D eigenvalue weighted by Gasteiger charge is 2.30. The second kappa shape index (κ2) is 11.0. The van der Waals surface area contributed by atoms with Crippen LogP contribution in [-0.2, 0) is 9.59 Å². The Hall–Kier alpha value is -2.66. The summed E-state index contributed by atoms with van der Waals surface area (Å²) in [5, 5.41) is 15.4. The quantitative estimate of drug-likeness (QED) is 0.212. The van der Waals surface area contributed by atoms with Crippen LogP contribution in [0.2, 0.25) is 0 Å². The molecule has 0 radical (unpaired) electrons. The molecule has 0 bridgehead atoms. The number of rotatable bonds is 6. The molecule has 1 atom stereocenters. The van der Waals surface area contributed by atoms with Crippen LogP contribution in [0.1, 0.15) is 32.1 Å². The lowest BCUT2D eigenvalue weighted by Gasteiger charge is -2.25. The van der Waals surface area contributed by atoms with Gasteiger partial charge in [0, 0.05) is 25.3 Å². The summed E-state index contributed by atoms with van der Waals surface area (Å²) >= 11 is 3.20. The van der Waals surface area contributed by atoms with Gasteiger partial charge in [-0.25, -0.2) is 4.98 Å². The number of amides is 2. The molecule has 1 aromatic heterocycles. The van der Waals surface area contributed by atoms with Gasteiger partial charge in [-0.3, -0.25) is 14.6 Å². The van der Waals surface area contributed by atoms with Crippen LogP contribution in [0.4, 0.5) is 5.69 Å². The van der Waals surface area contributed by atoms with Crippen LogP contribution >= 0.6 is 23.1 Å². The predicted molar refractivity (Wildman–Crippen MR) is 133 cm³/mol. The highest BCUT2D eigenvalue weighted by molar-refractivity contribution is 8.00. The first-order chi connectivity index (χ1) is 16.1. The zero-order valence-electron chi connectivity index (χ0n) is 18.6. The molecule has 4 rings (SSSR count). The molecule has 1 aromatic carbocycles. The Labute approximate surface area is 200 Å². The lowest BCUT2D eigenvalue weighted by atomic mass is 10.1. The third-order valence-corrected chi connectivity index (χ3v) is 7.83. The van der Waals surface area contributed by atoms with Crippen molar-refractivity contribution in [1.82, 2.24) is 14.8 Å². The van der Waals surface area contributed by atoms with Gasteiger partial charge in [-0.15, -0.1) is 11.3 Å². The van der Waals surface area contributed by atoms with Crippen LogP contribution in [0.25, 0.3) is 10.2 Å². The third kappa shape index (κ3) is 5.83. The molecule has 2 amide bonds. The molecule has 0 unspecified atom stereocenters. The first-order valence-electron chi connectivity index (χ1n) is 11.1. The van der Waals surface area contributed by atoms with E-state index in [1.54, 1.807) is 28.0 Å². The number of benzene rings is 1. The van der Waals surface area contributed by atoms with Gasteiger partial charge in [0.1, 0.15) is 18.1 Å². The number of aliphatic imine (C=N–C) groups is 1. The summed E-state index contributed by atoms with van der Waals surface area (Å²) in [5.41, 5.74) is 1.68. The number of carbonyl (C=O) groups excluding carboxylic acids is 2. The number of nitrogens with zero attached hydrogens (tertiary/aromatic N) is 5. The number of hydrogen-bond acceptors (Lipinski definition) is 8. The Kier molecular flexibility index (Phi) is 7.81. The van der Waals surface area contributed by atoms with Crippen molar-refractivity contribution in [3.63, 3.8) is 0 Å². The van der Waals surface area contributed by atoms with Crippen molar-refractivity contribution in [2.45, 2.75) is 42.5 Å². The first-order valence-corrected chi connectivity index (χ1v) is 13.1. The van der Waals surface area contributed by atoms with Gasteiger partial charge in [-0.2, -0.15) is 0 Å². The van der Waals surface area contributed by atoms with Crippen LogP contribution in [0, 0.1) is 0 Å². The summed E-state index contributed by atoms with van der Waals surface area (Å²) in [6.45, 7) is 2.20. The number of oxime groups is 1. The van der Waals surface area contributed by atoms with E-state index in [0.29, 0.717) is 13.0 Å². The molecule has 0 saturated carbocycles. The fourth-order valence-electron chi connectivity index (χ4n) is 4.13. The summed E-state index contributed by atoms with van der Waals surface area (Å²) in [6, 6.07) is 5.13. The van der Waals surface area contributed by atoms with E-state index in [1.807, 2.05) is 29.4 Å². The first kappa shape index (κ1) is 23.5. The summed E-state index contributed by atoms with van der Waals surface area (Å²) in [6.07, 6.45) is 7.49. The number of likely N-dealkylation sites (tertiary alicyclic amines) is 2. The Morgan fingerprint density at radius 2 is 2.09 bits per heavy atom. The fourth-order valence-corrected chi connectivity index (χ4v) is 5.66. The van der Waals surface area contributed by atoms with Crippen LogP contribution in [0.5, 0.6) is 0 Å². The highest BCUT2D eigenvalue weighted by Crippen LogP contribution is 2.30. The lowest BCUT2D eigenvalue weighted by molar-refractivity contribution is -0.140. The Balaban J connectivity index is 1.50. The Morgan fingerprint density at radius 1 is 1.30 bits per heavy atom. The summed E-state index contributed by atoms with van der Waals surface area (Å²) < 4.78 is 2.02. The van der Waals surface area contributed by atoms with Gasteiger partial charge in [0.2, 0.25) is 11.8 Å². The number of hydrogen-bond donors (Lipinski definition) is 2. The molecule has 2 fully saturated rings. The van der Waals surface area contributed by atoms with E-state index in [0.717, 1.165) is 59.0 Å². The molecule has 0 spiro atoms. The number of nitrogens with one attached hydrogen (secondary N) is 1. The molecule has 2 aliphatic rings. The van der Waals surface area contributed by atoms with Gasteiger partial charge in [0.25, 0.3) is 0 Å². The molecule has 0 aliphatic carbocycles. The van der Waals surface area contributed by atoms with Crippen molar-refractivity contribution < 1.29 is 14.8 Å². The number of thioether (sulfide) groups is 1. The fraction of sp³-hybridized carbons (Fsp3) is 0.500. The average Bonchev–Trinajstić information content (AvgIpc) is 3.46. The normalized spacial score (nSPS) is 20.1. The minimum Gasteiger partial charge on any atom is -0.411 e. The number of aromatic nitrogens is 1. The van der Waals surface area contributed by atoms with Crippen molar-refractivity contribution in [3.8, 4) is 0 Å². The molecule has 2 aliphatic heterocycles. The van der Waals surface area contributed by atoms with E-state index in [1.165, 1.54) is 6.21 Å². The molecule has 2 N–H and O–H groups in total. The number of anilines is 1. The summed E-state index contributed by atoms with van der Waals surface area (Å²) in [4.78, 5) is 38.4. The van der Waals surface area contributed by atoms with Crippen molar-refractivity contribution in [1.29, 1.82) is 0 Å². The Morgan fingerprint density at radius 3 is 2.85 bits per heavy atom. The van der Waals surface area contributed by atoms with Gasteiger partial charge in [-0.1, -0.05) is 16.9 Å². The van der Waals surface area contributed by atoms with E-state index in [4.69, 9.17) is 5.21 Å². The smallest absolute Gasteiger partial charge is 0.247 e. The molecular formula is C22H28N6O3S2. The van der Waals surface area contributed by atoms with Gasteiger partial charge >= 0.3 is 0 Å². The maximum atomic E-state index is 13.2. The highest BCUT2D eigenvalue weighted by atomic mass is 32.2. The molecule has 11 heteroatoms. The van der Waals surface area contributed by atoms with Gasteiger partial charge in [0.15, 0.2) is 4.34 Å². The van der Waals surface area contributed by atoms with Crippen molar-refractivity contribution in [2.24, 2.45) is 10.1 Å². The summed E-state index contributed by atoms with van der Waals surface area (Å²) in [5.74, 6) is 0.133. The maximum Gasteiger partial charge on any atom is 0.247 e. The van der Waals surface area contributed by atoms with Crippen molar-refractivity contribution in [3.05, 3.63) is 18.2 Å². The average molecular weight is 489 g/mol. The third-order valence-electron chi connectivity index (χ3n) is 5.83. The second-order valence-electron chi connectivity index (χ2n) is 8.11. The Bertz CT molecular complexity index is 1060.